The molecule has 0 radical (unpaired) electrons. The van der Waals surface area contributed by atoms with Crippen LogP contribution in [0.4, 0.5) is 23.4 Å². The molecule has 3 aromatic rings. The van der Waals surface area contributed by atoms with Gasteiger partial charge in [0.15, 0.2) is 22.7 Å². The van der Waals surface area contributed by atoms with Crippen molar-refractivity contribution in [2.75, 3.05) is 22.1 Å². The number of nitrogens with two attached hydrogens (primary N) is 2. The van der Waals surface area contributed by atoms with Crippen LogP contribution in [0.2, 0.25) is 0 Å². The lowest BCUT2D eigenvalue weighted by atomic mass is 10.2. The Bertz CT molecular complexity index is 1330. The Balaban J connectivity index is 1.85. The van der Waals surface area contributed by atoms with Crippen molar-refractivity contribution in [2.24, 2.45) is 0 Å². The summed E-state index contributed by atoms with van der Waals surface area (Å²) in [5.41, 5.74) is 8.13. The lowest BCUT2D eigenvalue weighted by Crippen LogP contribution is -2.32. The topological polar surface area (TPSA) is 230 Å². The predicted molar refractivity (Wildman–Crippen MR) is 94.7 cm³/mol. The molecule has 0 fully saturated rings. The molecular formula is C13H10N10O4. The van der Waals surface area contributed by atoms with Gasteiger partial charge in [0, 0.05) is 0 Å². The molecule has 27 heavy (non-hydrogen) atoms. The zero-order valence-corrected chi connectivity index (χ0v) is 13.2. The number of H-pyrrole nitrogens is 3. The summed E-state index contributed by atoms with van der Waals surface area (Å²) in [5, 5.41) is 4.95. The van der Waals surface area contributed by atoms with Gasteiger partial charge in [-0.2, -0.15) is 9.97 Å². The van der Waals surface area contributed by atoms with Crippen molar-refractivity contribution in [1.29, 1.82) is 0 Å². The maximum absolute atomic E-state index is 12.2. The number of aromatic nitrogens is 6. The van der Waals surface area contributed by atoms with Gasteiger partial charge in [0.1, 0.15) is 11.4 Å². The molecule has 0 unspecified atom stereocenters. The number of carbonyl (C=O) groups excluding carboxylic acids is 1. The number of nitrogen functional groups attached to an aromatic ring is 2. The normalized spacial score (nSPS) is 14.7. The van der Waals surface area contributed by atoms with Crippen molar-refractivity contribution in [3.63, 3.8) is 0 Å². The van der Waals surface area contributed by atoms with Gasteiger partial charge in [-0.05, 0) is 6.08 Å². The van der Waals surface area contributed by atoms with Crippen LogP contribution >= 0.6 is 0 Å². The number of amides is 1. The van der Waals surface area contributed by atoms with E-state index in [2.05, 4.69) is 40.5 Å². The molecule has 3 aromatic heterocycles. The smallest absolute Gasteiger partial charge is 0.278 e. The highest BCUT2D eigenvalue weighted by Crippen LogP contribution is 2.22. The van der Waals surface area contributed by atoms with E-state index in [0.717, 1.165) is 6.08 Å². The first-order chi connectivity index (χ1) is 12.8. The molecule has 0 aromatic carbocycles. The van der Waals surface area contributed by atoms with Crippen LogP contribution in [0.5, 0.6) is 0 Å². The molecule has 1 amide bonds. The van der Waals surface area contributed by atoms with Gasteiger partial charge in [-0.3, -0.25) is 29.1 Å². The van der Waals surface area contributed by atoms with Gasteiger partial charge in [-0.1, -0.05) is 0 Å². The molecule has 4 rings (SSSR count). The zero-order valence-electron chi connectivity index (χ0n) is 13.2. The van der Waals surface area contributed by atoms with Gasteiger partial charge < -0.3 is 27.1 Å². The van der Waals surface area contributed by atoms with Crippen LogP contribution in [-0.4, -0.2) is 35.8 Å². The fourth-order valence-electron chi connectivity index (χ4n) is 2.41. The van der Waals surface area contributed by atoms with E-state index in [1.54, 1.807) is 0 Å². The van der Waals surface area contributed by atoms with Gasteiger partial charge in [0.05, 0.1) is 0 Å². The van der Waals surface area contributed by atoms with Crippen molar-refractivity contribution >= 4 is 46.5 Å². The van der Waals surface area contributed by atoms with Crippen LogP contribution in [0.3, 0.4) is 0 Å². The maximum atomic E-state index is 12.2. The number of nitrogens with one attached hydrogen (secondary N) is 5. The van der Waals surface area contributed by atoms with Crippen molar-refractivity contribution in [1.82, 2.24) is 29.9 Å². The summed E-state index contributed by atoms with van der Waals surface area (Å²) in [6.45, 7) is 0. The predicted octanol–water partition coefficient (Wildman–Crippen LogP) is -2.34. The van der Waals surface area contributed by atoms with E-state index in [-0.39, 0.29) is 46.0 Å². The molecule has 0 saturated heterocycles. The molecule has 0 spiro atoms. The van der Waals surface area contributed by atoms with Crippen LogP contribution < -0.4 is 38.8 Å². The molecular weight excluding hydrogens is 360 g/mol. The van der Waals surface area contributed by atoms with Crippen LogP contribution in [0, 0.1) is 0 Å². The summed E-state index contributed by atoms with van der Waals surface area (Å²) >= 11 is 0. The molecule has 0 bridgehead atoms. The van der Waals surface area contributed by atoms with Crippen LogP contribution in [0.25, 0.3) is 17.2 Å². The quantitative estimate of drug-likeness (QED) is 0.225. The minimum Gasteiger partial charge on any atom is -0.369 e. The highest BCUT2D eigenvalue weighted by molar-refractivity contribution is 6.12. The molecule has 1 aliphatic heterocycles. The summed E-state index contributed by atoms with van der Waals surface area (Å²) < 4.78 is 0. The fraction of sp³-hybridized carbons (Fsp3) is 0. The summed E-state index contributed by atoms with van der Waals surface area (Å²) in [7, 11) is 0. The first-order valence-electron chi connectivity index (χ1n) is 7.31. The van der Waals surface area contributed by atoms with E-state index < -0.39 is 22.6 Å². The van der Waals surface area contributed by atoms with Crippen molar-refractivity contribution < 1.29 is 4.79 Å². The molecule has 0 atom stereocenters. The van der Waals surface area contributed by atoms with E-state index in [1.165, 1.54) is 0 Å². The highest BCUT2D eigenvalue weighted by atomic mass is 16.2. The average Bonchev–Trinajstić information content (AvgIpc) is 2.58. The molecule has 1 aliphatic rings. The Morgan fingerprint density at radius 3 is 2.26 bits per heavy atom. The van der Waals surface area contributed by atoms with Gasteiger partial charge in [-0.15, -0.1) is 0 Å². The second-order valence-corrected chi connectivity index (χ2v) is 5.41. The lowest BCUT2D eigenvalue weighted by molar-refractivity contribution is -0.112. The van der Waals surface area contributed by atoms with Crippen LogP contribution in [-0.2, 0) is 4.79 Å². The van der Waals surface area contributed by atoms with E-state index >= 15 is 0 Å². The monoisotopic (exact) mass is 370 g/mol. The summed E-state index contributed by atoms with van der Waals surface area (Å²) in [5.74, 6) is -1.06. The molecule has 0 aliphatic carbocycles. The summed E-state index contributed by atoms with van der Waals surface area (Å²) in [4.78, 5) is 66.4. The summed E-state index contributed by atoms with van der Waals surface area (Å²) in [6.07, 6.45) is 1.11. The number of anilines is 4. The second-order valence-electron chi connectivity index (χ2n) is 5.41. The second kappa shape index (κ2) is 5.51. The van der Waals surface area contributed by atoms with Gasteiger partial charge in [-0.25, -0.2) is 4.98 Å². The minimum atomic E-state index is -0.745. The zero-order chi connectivity index (χ0) is 19.3. The lowest BCUT2D eigenvalue weighted by Gasteiger charge is -2.19. The first-order valence-corrected chi connectivity index (χ1v) is 7.31. The molecule has 4 heterocycles. The fourth-order valence-corrected chi connectivity index (χ4v) is 2.41. The van der Waals surface area contributed by atoms with Crippen molar-refractivity contribution in [3.05, 3.63) is 42.5 Å². The number of fused-ring (bicyclic) bond motifs is 2. The largest absolute Gasteiger partial charge is 0.369 e. The van der Waals surface area contributed by atoms with E-state index in [9.17, 15) is 19.2 Å². The minimum absolute atomic E-state index is 0.00173. The SMILES string of the molecule is Nc1nc2c(c(=O)[nH]1)NC(=O)/C(=C\c1nc3nc(N)[nH]c(=O)c3[nH]c1=O)N2. The molecule has 14 heteroatoms. The summed E-state index contributed by atoms with van der Waals surface area (Å²) in [6, 6.07) is 0. The molecule has 0 saturated carbocycles. The third-order valence-electron chi connectivity index (χ3n) is 3.57. The van der Waals surface area contributed by atoms with Crippen molar-refractivity contribution in [3.8, 4) is 0 Å². The Labute approximate surface area is 146 Å². The number of nitrogens with zero attached hydrogens (tertiary/aromatic N) is 3. The highest BCUT2D eigenvalue weighted by Gasteiger charge is 2.24. The van der Waals surface area contributed by atoms with Gasteiger partial charge >= 0.3 is 0 Å². The van der Waals surface area contributed by atoms with Crippen molar-refractivity contribution in [2.45, 2.75) is 0 Å². The first kappa shape index (κ1) is 16.0. The Hall–Kier alpha value is -4.49. The molecule has 14 nitrogen and oxygen atoms in total. The van der Waals surface area contributed by atoms with Gasteiger partial charge in [0.25, 0.3) is 22.6 Å². The Kier molecular flexibility index (Phi) is 3.27. The van der Waals surface area contributed by atoms with E-state index in [1.807, 2.05) is 0 Å². The molecule has 136 valence electrons. The number of carbonyl (C=O) groups is 1. The number of rotatable bonds is 1. The standard InChI is InChI=1S/C13H10N10O4/c14-12-20-6-4(10(26)22-12)18-8(24)2(16-6)1-3-9(25)19-5-7(17-3)21-13(15)23-11(5)27/h1H,(H,18,24)(H,19,25)(H3,14,16,20,22,26)(H4,15,17,21,23,27)/b3-1+. The third-order valence-corrected chi connectivity index (χ3v) is 3.57. The maximum Gasteiger partial charge on any atom is 0.278 e. The Morgan fingerprint density at radius 2 is 1.48 bits per heavy atom. The van der Waals surface area contributed by atoms with Crippen LogP contribution in [0.1, 0.15) is 5.69 Å². The van der Waals surface area contributed by atoms with Crippen LogP contribution in [0.15, 0.2) is 20.1 Å². The van der Waals surface area contributed by atoms with Gasteiger partial charge in [0.2, 0.25) is 11.9 Å². The number of aromatic amines is 3. The average molecular weight is 370 g/mol. The molecule has 9 N–H and O–H groups in total. The third kappa shape index (κ3) is 2.66. The Morgan fingerprint density at radius 1 is 0.778 bits per heavy atom. The number of hydrogen-bond donors (Lipinski definition) is 7. The number of hydrogen-bond acceptors (Lipinski definition) is 10. The van der Waals surface area contributed by atoms with E-state index in [4.69, 9.17) is 11.5 Å². The van der Waals surface area contributed by atoms with E-state index in [0.29, 0.717) is 0 Å².